The first-order chi connectivity index (χ1) is 8.60. The van der Waals surface area contributed by atoms with Gasteiger partial charge in [-0.05, 0) is 43.0 Å². The van der Waals surface area contributed by atoms with E-state index in [0.29, 0.717) is 12.0 Å². The van der Waals surface area contributed by atoms with Gasteiger partial charge in [0, 0.05) is 19.1 Å². The Balaban J connectivity index is 0.00000180. The SMILES string of the molecule is COc1ccc(CN2CCC(N)C(C)C2)cc1C.Cl. The normalized spacial score (nSPS) is 23.8. The Morgan fingerprint density at radius 2 is 2.16 bits per heavy atom. The summed E-state index contributed by atoms with van der Waals surface area (Å²) in [4.78, 5) is 2.50. The second-order valence-electron chi connectivity index (χ2n) is 5.47. The lowest BCUT2D eigenvalue weighted by Crippen LogP contribution is -2.45. The van der Waals surface area contributed by atoms with E-state index in [-0.39, 0.29) is 12.4 Å². The number of nitrogens with zero attached hydrogens (tertiary/aromatic N) is 1. The van der Waals surface area contributed by atoms with E-state index in [1.54, 1.807) is 7.11 Å². The minimum Gasteiger partial charge on any atom is -0.496 e. The fraction of sp³-hybridized carbons (Fsp3) is 0.600. The topological polar surface area (TPSA) is 38.5 Å². The van der Waals surface area contributed by atoms with E-state index in [1.165, 1.54) is 11.1 Å². The molecular weight excluding hydrogens is 260 g/mol. The number of piperidine rings is 1. The van der Waals surface area contributed by atoms with Gasteiger partial charge in [0.2, 0.25) is 0 Å². The van der Waals surface area contributed by atoms with Crippen LogP contribution in [0, 0.1) is 12.8 Å². The van der Waals surface area contributed by atoms with Gasteiger partial charge in [-0.2, -0.15) is 0 Å². The molecule has 3 nitrogen and oxygen atoms in total. The van der Waals surface area contributed by atoms with Gasteiger partial charge in [0.25, 0.3) is 0 Å². The van der Waals surface area contributed by atoms with Crippen molar-refractivity contribution in [2.45, 2.75) is 32.9 Å². The number of ether oxygens (including phenoxy) is 1. The van der Waals surface area contributed by atoms with Crippen LogP contribution < -0.4 is 10.5 Å². The van der Waals surface area contributed by atoms with Crippen molar-refractivity contribution in [2.24, 2.45) is 11.7 Å². The van der Waals surface area contributed by atoms with Gasteiger partial charge in [-0.1, -0.05) is 19.1 Å². The van der Waals surface area contributed by atoms with Gasteiger partial charge < -0.3 is 10.5 Å². The van der Waals surface area contributed by atoms with Crippen molar-refractivity contribution in [2.75, 3.05) is 20.2 Å². The van der Waals surface area contributed by atoms with Crippen LogP contribution in [0.15, 0.2) is 18.2 Å². The van der Waals surface area contributed by atoms with Crippen LogP contribution in [-0.4, -0.2) is 31.1 Å². The molecule has 1 aliphatic heterocycles. The number of benzene rings is 1. The number of hydrogen-bond acceptors (Lipinski definition) is 3. The molecular formula is C15H25ClN2O. The van der Waals surface area contributed by atoms with Crippen molar-refractivity contribution < 1.29 is 4.74 Å². The Kier molecular flexibility index (Phi) is 6.11. The zero-order chi connectivity index (χ0) is 13.1. The molecule has 1 aliphatic rings. The van der Waals surface area contributed by atoms with Crippen molar-refractivity contribution in [3.8, 4) is 5.75 Å². The minimum absolute atomic E-state index is 0. The van der Waals surface area contributed by atoms with E-state index < -0.39 is 0 Å². The first kappa shape index (κ1) is 16.3. The molecule has 2 N–H and O–H groups in total. The zero-order valence-electron chi connectivity index (χ0n) is 12.1. The highest BCUT2D eigenvalue weighted by atomic mass is 35.5. The molecule has 4 heteroatoms. The predicted molar refractivity (Wildman–Crippen MR) is 82.0 cm³/mol. The number of aryl methyl sites for hydroxylation is 1. The fourth-order valence-electron chi connectivity index (χ4n) is 2.69. The molecule has 0 amide bonds. The maximum Gasteiger partial charge on any atom is 0.121 e. The van der Waals surface area contributed by atoms with Crippen molar-refractivity contribution in [1.82, 2.24) is 4.90 Å². The Bertz CT molecular complexity index is 411. The van der Waals surface area contributed by atoms with Gasteiger partial charge in [-0.3, -0.25) is 4.90 Å². The van der Waals surface area contributed by atoms with E-state index in [2.05, 4.69) is 36.9 Å². The van der Waals surface area contributed by atoms with Crippen molar-refractivity contribution in [1.29, 1.82) is 0 Å². The lowest BCUT2D eigenvalue weighted by molar-refractivity contribution is 0.158. The summed E-state index contributed by atoms with van der Waals surface area (Å²) in [5, 5.41) is 0. The van der Waals surface area contributed by atoms with Gasteiger partial charge in [0.05, 0.1) is 7.11 Å². The first-order valence-electron chi connectivity index (χ1n) is 6.71. The summed E-state index contributed by atoms with van der Waals surface area (Å²) in [5.41, 5.74) is 8.62. The Morgan fingerprint density at radius 1 is 1.42 bits per heavy atom. The van der Waals surface area contributed by atoms with Crippen LogP contribution in [0.5, 0.6) is 5.75 Å². The molecule has 0 radical (unpaired) electrons. The number of halogens is 1. The van der Waals surface area contributed by atoms with Crippen LogP contribution in [0.1, 0.15) is 24.5 Å². The summed E-state index contributed by atoms with van der Waals surface area (Å²) in [6.45, 7) is 7.57. The molecule has 1 aromatic rings. The molecule has 1 aromatic carbocycles. The molecule has 1 heterocycles. The smallest absolute Gasteiger partial charge is 0.121 e. The Hall–Kier alpha value is -0.770. The highest BCUT2D eigenvalue weighted by molar-refractivity contribution is 5.85. The van der Waals surface area contributed by atoms with E-state index in [0.717, 1.165) is 31.8 Å². The second kappa shape index (κ2) is 7.13. The zero-order valence-corrected chi connectivity index (χ0v) is 12.9. The number of nitrogens with two attached hydrogens (primary N) is 1. The average Bonchev–Trinajstić information content (AvgIpc) is 2.34. The first-order valence-corrected chi connectivity index (χ1v) is 6.71. The molecule has 19 heavy (non-hydrogen) atoms. The molecule has 2 unspecified atom stereocenters. The lowest BCUT2D eigenvalue weighted by atomic mass is 9.94. The maximum absolute atomic E-state index is 6.05. The molecule has 0 aliphatic carbocycles. The van der Waals surface area contributed by atoms with Crippen LogP contribution >= 0.6 is 12.4 Å². The van der Waals surface area contributed by atoms with Crippen molar-refractivity contribution in [3.63, 3.8) is 0 Å². The fourth-order valence-corrected chi connectivity index (χ4v) is 2.69. The van der Waals surface area contributed by atoms with Gasteiger partial charge in [0.15, 0.2) is 0 Å². The van der Waals surface area contributed by atoms with E-state index in [1.807, 2.05) is 0 Å². The summed E-state index contributed by atoms with van der Waals surface area (Å²) in [6.07, 6.45) is 1.11. The summed E-state index contributed by atoms with van der Waals surface area (Å²) < 4.78 is 5.29. The van der Waals surface area contributed by atoms with Crippen LogP contribution in [0.4, 0.5) is 0 Å². The van der Waals surface area contributed by atoms with Crippen LogP contribution in [0.2, 0.25) is 0 Å². The molecule has 0 bridgehead atoms. The highest BCUT2D eigenvalue weighted by Crippen LogP contribution is 2.21. The van der Waals surface area contributed by atoms with E-state index >= 15 is 0 Å². The van der Waals surface area contributed by atoms with E-state index in [4.69, 9.17) is 10.5 Å². The van der Waals surface area contributed by atoms with Gasteiger partial charge in [-0.25, -0.2) is 0 Å². The number of methoxy groups -OCH3 is 1. The third kappa shape index (κ3) is 4.10. The third-order valence-corrected chi connectivity index (χ3v) is 3.92. The third-order valence-electron chi connectivity index (χ3n) is 3.92. The summed E-state index contributed by atoms with van der Waals surface area (Å²) >= 11 is 0. The molecule has 0 spiro atoms. The summed E-state index contributed by atoms with van der Waals surface area (Å²) in [6, 6.07) is 6.81. The average molecular weight is 285 g/mol. The minimum atomic E-state index is 0. The Labute approximate surface area is 122 Å². The molecule has 0 aromatic heterocycles. The molecule has 108 valence electrons. The molecule has 0 saturated carbocycles. The van der Waals surface area contributed by atoms with Gasteiger partial charge in [-0.15, -0.1) is 12.4 Å². The quantitative estimate of drug-likeness (QED) is 0.927. The monoisotopic (exact) mass is 284 g/mol. The number of likely N-dealkylation sites (tertiary alicyclic amines) is 1. The van der Waals surface area contributed by atoms with Crippen LogP contribution in [-0.2, 0) is 6.54 Å². The molecule has 1 saturated heterocycles. The molecule has 2 rings (SSSR count). The van der Waals surface area contributed by atoms with Gasteiger partial charge in [0.1, 0.15) is 5.75 Å². The standard InChI is InChI=1S/C15H24N2O.ClH/c1-11-8-13(4-5-15(11)18-3)10-17-7-6-14(16)12(2)9-17;/h4-5,8,12,14H,6-7,9-10,16H2,1-3H3;1H. The largest absolute Gasteiger partial charge is 0.496 e. The van der Waals surface area contributed by atoms with Crippen molar-refractivity contribution >= 4 is 12.4 Å². The number of hydrogen-bond donors (Lipinski definition) is 1. The second-order valence-corrected chi connectivity index (χ2v) is 5.47. The lowest BCUT2D eigenvalue weighted by Gasteiger charge is -2.35. The maximum atomic E-state index is 6.05. The summed E-state index contributed by atoms with van der Waals surface area (Å²) in [7, 11) is 1.72. The summed E-state index contributed by atoms with van der Waals surface area (Å²) in [5.74, 6) is 1.56. The van der Waals surface area contributed by atoms with Crippen molar-refractivity contribution in [3.05, 3.63) is 29.3 Å². The number of rotatable bonds is 3. The van der Waals surface area contributed by atoms with Crippen LogP contribution in [0.3, 0.4) is 0 Å². The van der Waals surface area contributed by atoms with Gasteiger partial charge >= 0.3 is 0 Å². The Morgan fingerprint density at radius 3 is 2.74 bits per heavy atom. The highest BCUT2D eigenvalue weighted by Gasteiger charge is 2.22. The van der Waals surface area contributed by atoms with E-state index in [9.17, 15) is 0 Å². The molecule has 1 fully saturated rings. The predicted octanol–water partition coefficient (Wildman–Crippen LogP) is 2.59. The molecule has 2 atom stereocenters. The van der Waals surface area contributed by atoms with Crippen LogP contribution in [0.25, 0.3) is 0 Å².